The Balaban J connectivity index is 1.94. The molecule has 0 spiro atoms. The fraction of sp³-hybridized carbons (Fsp3) is 0.333. The van der Waals surface area contributed by atoms with Crippen LogP contribution in [0.25, 0.3) is 0 Å². The molecular formula is C9H11ClN6O. The van der Waals surface area contributed by atoms with Crippen LogP contribution in [-0.4, -0.2) is 38.6 Å². The second kappa shape index (κ2) is 5.44. The Morgan fingerprint density at radius 3 is 3.12 bits per heavy atom. The third-order valence-electron chi connectivity index (χ3n) is 2.01. The molecule has 90 valence electrons. The zero-order valence-corrected chi connectivity index (χ0v) is 9.92. The average molecular weight is 255 g/mol. The molecule has 17 heavy (non-hydrogen) atoms. The van der Waals surface area contributed by atoms with E-state index in [1.54, 1.807) is 17.1 Å². The van der Waals surface area contributed by atoms with Crippen molar-refractivity contribution < 1.29 is 4.74 Å². The van der Waals surface area contributed by atoms with Gasteiger partial charge in [-0.15, -0.1) is 5.10 Å². The first kappa shape index (κ1) is 11.6. The van der Waals surface area contributed by atoms with E-state index < -0.39 is 0 Å². The van der Waals surface area contributed by atoms with Crippen molar-refractivity contribution >= 4 is 17.4 Å². The summed E-state index contributed by atoms with van der Waals surface area (Å²) in [4.78, 5) is 7.97. The van der Waals surface area contributed by atoms with Gasteiger partial charge in [-0.2, -0.15) is 4.98 Å². The molecular weight excluding hydrogens is 244 g/mol. The Morgan fingerprint density at radius 2 is 2.41 bits per heavy atom. The summed E-state index contributed by atoms with van der Waals surface area (Å²) in [5.74, 6) is 0.540. The molecule has 0 saturated heterocycles. The predicted molar refractivity (Wildman–Crippen MR) is 62.1 cm³/mol. The topological polar surface area (TPSA) is 77.8 Å². The van der Waals surface area contributed by atoms with Gasteiger partial charge in [0, 0.05) is 12.7 Å². The van der Waals surface area contributed by atoms with Crippen molar-refractivity contribution in [1.82, 2.24) is 25.0 Å². The summed E-state index contributed by atoms with van der Waals surface area (Å²) < 4.78 is 6.62. The molecule has 0 aliphatic heterocycles. The monoisotopic (exact) mass is 254 g/mol. The van der Waals surface area contributed by atoms with Gasteiger partial charge in [0.2, 0.25) is 0 Å². The van der Waals surface area contributed by atoms with Crippen molar-refractivity contribution in [2.24, 2.45) is 0 Å². The highest BCUT2D eigenvalue weighted by atomic mass is 35.5. The Kier molecular flexibility index (Phi) is 3.71. The smallest absolute Gasteiger partial charge is 0.318 e. The van der Waals surface area contributed by atoms with Gasteiger partial charge in [0.15, 0.2) is 5.82 Å². The van der Waals surface area contributed by atoms with Gasteiger partial charge < -0.3 is 10.1 Å². The fourth-order valence-electron chi connectivity index (χ4n) is 1.21. The number of ether oxygens (including phenoxy) is 1. The molecule has 2 aromatic heterocycles. The van der Waals surface area contributed by atoms with E-state index in [1.165, 1.54) is 13.3 Å². The second-order valence-corrected chi connectivity index (χ2v) is 3.55. The first-order valence-electron chi connectivity index (χ1n) is 4.94. The van der Waals surface area contributed by atoms with Crippen molar-refractivity contribution in [3.63, 3.8) is 0 Å². The van der Waals surface area contributed by atoms with Crippen LogP contribution in [0.5, 0.6) is 6.01 Å². The normalized spacial score (nSPS) is 10.2. The molecule has 2 heterocycles. The summed E-state index contributed by atoms with van der Waals surface area (Å²) in [5.41, 5.74) is 0. The molecule has 0 saturated carbocycles. The predicted octanol–water partition coefficient (Wildman–Crippen LogP) is 0.842. The minimum atomic E-state index is 0.276. The van der Waals surface area contributed by atoms with Crippen LogP contribution in [0.1, 0.15) is 0 Å². The number of nitrogens with zero attached hydrogens (tertiary/aromatic N) is 5. The van der Waals surface area contributed by atoms with E-state index in [9.17, 15) is 0 Å². The largest absolute Gasteiger partial charge is 0.467 e. The van der Waals surface area contributed by atoms with E-state index in [-0.39, 0.29) is 6.01 Å². The highest BCUT2D eigenvalue weighted by Crippen LogP contribution is 2.19. The van der Waals surface area contributed by atoms with Crippen molar-refractivity contribution in [3.8, 4) is 6.01 Å². The first-order chi connectivity index (χ1) is 8.29. The molecule has 0 radical (unpaired) electrons. The van der Waals surface area contributed by atoms with Crippen LogP contribution in [-0.2, 0) is 6.54 Å². The van der Waals surface area contributed by atoms with E-state index in [4.69, 9.17) is 16.3 Å². The molecule has 7 nitrogen and oxygen atoms in total. The number of halogens is 1. The van der Waals surface area contributed by atoms with Crippen LogP contribution in [0.15, 0.2) is 18.6 Å². The number of hydrogen-bond donors (Lipinski definition) is 1. The minimum Gasteiger partial charge on any atom is -0.467 e. The third kappa shape index (κ3) is 3.04. The fourth-order valence-corrected chi connectivity index (χ4v) is 1.37. The van der Waals surface area contributed by atoms with Gasteiger partial charge in [0.25, 0.3) is 0 Å². The van der Waals surface area contributed by atoms with Gasteiger partial charge in [-0.3, -0.25) is 4.68 Å². The summed E-state index contributed by atoms with van der Waals surface area (Å²) in [7, 11) is 1.50. The number of aromatic nitrogens is 5. The molecule has 0 aromatic carbocycles. The molecule has 0 unspecified atom stereocenters. The summed E-state index contributed by atoms with van der Waals surface area (Å²) >= 11 is 5.94. The molecule has 1 N–H and O–H groups in total. The highest BCUT2D eigenvalue weighted by molar-refractivity contribution is 6.32. The lowest BCUT2D eigenvalue weighted by Crippen LogP contribution is -2.12. The van der Waals surface area contributed by atoms with Crippen LogP contribution in [0, 0.1) is 0 Å². The van der Waals surface area contributed by atoms with Crippen LogP contribution in [0.3, 0.4) is 0 Å². The average Bonchev–Trinajstić information content (AvgIpc) is 2.84. The van der Waals surface area contributed by atoms with Crippen LogP contribution >= 0.6 is 11.6 Å². The molecule has 0 bridgehead atoms. The maximum atomic E-state index is 5.94. The number of nitrogens with one attached hydrogen (secondary N) is 1. The molecule has 2 rings (SSSR count). The Hall–Kier alpha value is -1.89. The molecule has 0 aliphatic rings. The second-order valence-electron chi connectivity index (χ2n) is 3.15. The molecule has 0 aliphatic carbocycles. The van der Waals surface area contributed by atoms with Gasteiger partial charge >= 0.3 is 6.01 Å². The molecule has 8 heteroatoms. The van der Waals surface area contributed by atoms with Crippen LogP contribution < -0.4 is 10.1 Å². The number of anilines is 1. The highest BCUT2D eigenvalue weighted by Gasteiger charge is 2.04. The zero-order chi connectivity index (χ0) is 12.1. The minimum absolute atomic E-state index is 0.276. The van der Waals surface area contributed by atoms with Crippen LogP contribution in [0.2, 0.25) is 5.02 Å². The maximum absolute atomic E-state index is 5.94. The lowest BCUT2D eigenvalue weighted by Gasteiger charge is -2.07. The van der Waals surface area contributed by atoms with Gasteiger partial charge in [-0.25, -0.2) is 4.98 Å². The van der Waals surface area contributed by atoms with Crippen molar-refractivity contribution in [1.29, 1.82) is 0 Å². The lowest BCUT2D eigenvalue weighted by molar-refractivity contribution is 0.380. The van der Waals surface area contributed by atoms with Gasteiger partial charge in [-0.05, 0) is 0 Å². The first-order valence-corrected chi connectivity index (χ1v) is 5.32. The van der Waals surface area contributed by atoms with Gasteiger partial charge in [0.1, 0.15) is 5.02 Å². The van der Waals surface area contributed by atoms with E-state index in [1.807, 2.05) is 0 Å². The molecule has 2 aromatic rings. The SMILES string of the molecule is COc1ncc(Cl)c(NCCn2ccnn2)n1. The number of methoxy groups -OCH3 is 1. The summed E-state index contributed by atoms with van der Waals surface area (Å²) in [5, 5.41) is 11.1. The van der Waals surface area contributed by atoms with E-state index >= 15 is 0 Å². The quantitative estimate of drug-likeness (QED) is 0.852. The Morgan fingerprint density at radius 1 is 1.53 bits per heavy atom. The summed E-state index contributed by atoms with van der Waals surface area (Å²) in [6.07, 6.45) is 4.90. The Labute approximate surface area is 103 Å². The van der Waals surface area contributed by atoms with Gasteiger partial charge in [-0.1, -0.05) is 16.8 Å². The molecule has 0 amide bonds. The third-order valence-corrected chi connectivity index (χ3v) is 2.29. The van der Waals surface area contributed by atoms with Crippen molar-refractivity contribution in [2.75, 3.05) is 19.0 Å². The molecule has 0 fully saturated rings. The van der Waals surface area contributed by atoms with Crippen LogP contribution in [0.4, 0.5) is 5.82 Å². The van der Waals surface area contributed by atoms with Crippen molar-refractivity contribution in [3.05, 3.63) is 23.6 Å². The van der Waals surface area contributed by atoms with Gasteiger partial charge in [0.05, 0.1) is 26.0 Å². The maximum Gasteiger partial charge on any atom is 0.318 e. The number of rotatable bonds is 5. The standard InChI is InChI=1S/C9H11ClN6O/c1-17-9-12-6-7(10)8(14-9)11-2-4-16-5-3-13-15-16/h3,5-6H,2,4H2,1H3,(H,11,12,14). The van der Waals surface area contributed by atoms with E-state index in [0.717, 1.165) is 0 Å². The van der Waals surface area contributed by atoms with E-state index in [2.05, 4.69) is 25.6 Å². The van der Waals surface area contributed by atoms with E-state index in [0.29, 0.717) is 23.9 Å². The zero-order valence-electron chi connectivity index (χ0n) is 9.17. The Bertz CT molecular complexity index is 474. The lowest BCUT2D eigenvalue weighted by atomic mass is 10.5. The summed E-state index contributed by atoms with van der Waals surface area (Å²) in [6.45, 7) is 1.30. The van der Waals surface area contributed by atoms with Crippen molar-refractivity contribution in [2.45, 2.75) is 6.54 Å². The molecule has 0 atom stereocenters. The summed E-state index contributed by atoms with van der Waals surface area (Å²) in [6, 6.07) is 0.276. The number of hydrogen-bond acceptors (Lipinski definition) is 6.